The van der Waals surface area contributed by atoms with Crippen molar-refractivity contribution in [3.8, 4) is 11.5 Å². The van der Waals surface area contributed by atoms with Crippen molar-refractivity contribution in [2.45, 2.75) is 6.92 Å². The molecule has 0 radical (unpaired) electrons. The maximum Gasteiger partial charge on any atom is 0.130 e. The number of ether oxygens (including phenoxy) is 1. The lowest BCUT2D eigenvalue weighted by Gasteiger charge is -2.09. The molecular weight excluding hydrogens is 285 g/mol. The highest BCUT2D eigenvalue weighted by molar-refractivity contribution is 9.10. The van der Waals surface area contributed by atoms with Crippen LogP contribution in [0.15, 0.2) is 40.9 Å². The molecule has 0 fully saturated rings. The minimum absolute atomic E-state index is 0.290. The van der Waals surface area contributed by atoms with Crippen molar-refractivity contribution in [1.82, 2.24) is 0 Å². The molecule has 0 atom stereocenters. The van der Waals surface area contributed by atoms with Crippen LogP contribution in [0.5, 0.6) is 11.5 Å². The Hall–Kier alpha value is -1.55. The van der Waals surface area contributed by atoms with Gasteiger partial charge in [-0.2, -0.15) is 0 Å². The Morgan fingerprint density at radius 1 is 1.12 bits per heavy atom. The fourth-order valence-electron chi connectivity index (χ4n) is 1.37. The standard InChI is InChI=1S/C13H11BrFNO/c1-8-12(14)6-11(7-13(8)16)17-10-4-2-9(15)3-5-10/h2-7H,16H2,1H3. The summed E-state index contributed by atoms with van der Waals surface area (Å²) in [5.41, 5.74) is 7.45. The van der Waals surface area contributed by atoms with E-state index in [4.69, 9.17) is 10.5 Å². The number of benzene rings is 2. The van der Waals surface area contributed by atoms with E-state index in [2.05, 4.69) is 15.9 Å². The summed E-state index contributed by atoms with van der Waals surface area (Å²) >= 11 is 3.40. The van der Waals surface area contributed by atoms with E-state index >= 15 is 0 Å². The highest BCUT2D eigenvalue weighted by atomic mass is 79.9. The van der Waals surface area contributed by atoms with Crippen LogP contribution in [0.1, 0.15) is 5.56 Å². The molecule has 0 saturated heterocycles. The lowest BCUT2D eigenvalue weighted by Crippen LogP contribution is -1.92. The van der Waals surface area contributed by atoms with Gasteiger partial charge in [0.05, 0.1) is 0 Å². The minimum atomic E-state index is -0.290. The van der Waals surface area contributed by atoms with Gasteiger partial charge < -0.3 is 10.5 Å². The number of nitrogen functional groups attached to an aromatic ring is 1. The van der Waals surface area contributed by atoms with Crippen LogP contribution in [-0.4, -0.2) is 0 Å². The number of nitrogens with two attached hydrogens (primary N) is 1. The van der Waals surface area contributed by atoms with E-state index in [0.717, 1.165) is 10.0 Å². The highest BCUT2D eigenvalue weighted by Crippen LogP contribution is 2.30. The summed E-state index contributed by atoms with van der Waals surface area (Å²) in [6.07, 6.45) is 0. The Balaban J connectivity index is 2.27. The van der Waals surface area contributed by atoms with Crippen molar-refractivity contribution in [3.05, 3.63) is 52.3 Å². The van der Waals surface area contributed by atoms with Crippen LogP contribution in [0, 0.1) is 12.7 Å². The highest BCUT2D eigenvalue weighted by Gasteiger charge is 2.04. The first-order valence-corrected chi connectivity index (χ1v) is 5.84. The molecule has 0 unspecified atom stereocenters. The molecule has 2 aromatic rings. The van der Waals surface area contributed by atoms with Crippen LogP contribution < -0.4 is 10.5 Å². The summed E-state index contributed by atoms with van der Waals surface area (Å²) in [4.78, 5) is 0. The van der Waals surface area contributed by atoms with E-state index in [0.29, 0.717) is 17.2 Å². The third kappa shape index (κ3) is 2.77. The zero-order chi connectivity index (χ0) is 12.4. The van der Waals surface area contributed by atoms with Crippen molar-refractivity contribution >= 4 is 21.6 Å². The molecular formula is C13H11BrFNO. The van der Waals surface area contributed by atoms with Gasteiger partial charge in [-0.15, -0.1) is 0 Å². The number of rotatable bonds is 2. The summed E-state index contributed by atoms with van der Waals surface area (Å²) in [7, 11) is 0. The van der Waals surface area contributed by atoms with Crippen LogP contribution >= 0.6 is 15.9 Å². The third-order valence-electron chi connectivity index (χ3n) is 2.41. The van der Waals surface area contributed by atoms with Gasteiger partial charge in [-0.3, -0.25) is 0 Å². The van der Waals surface area contributed by atoms with E-state index in [1.54, 1.807) is 18.2 Å². The van der Waals surface area contributed by atoms with Crippen molar-refractivity contribution in [3.63, 3.8) is 0 Å². The van der Waals surface area contributed by atoms with Gasteiger partial charge in [0, 0.05) is 16.2 Å². The summed E-state index contributed by atoms with van der Waals surface area (Å²) in [5.74, 6) is 0.898. The van der Waals surface area contributed by atoms with Crippen molar-refractivity contribution in [2.24, 2.45) is 0 Å². The number of hydrogen-bond donors (Lipinski definition) is 1. The molecule has 0 heterocycles. The Kier molecular flexibility index (Phi) is 3.33. The Morgan fingerprint density at radius 3 is 2.35 bits per heavy atom. The molecule has 0 aliphatic heterocycles. The van der Waals surface area contributed by atoms with Gasteiger partial charge in [-0.05, 0) is 42.8 Å². The van der Waals surface area contributed by atoms with Gasteiger partial charge in [-0.25, -0.2) is 4.39 Å². The summed E-state index contributed by atoms with van der Waals surface area (Å²) in [5, 5.41) is 0. The van der Waals surface area contributed by atoms with E-state index in [1.807, 2.05) is 13.0 Å². The van der Waals surface area contributed by atoms with Gasteiger partial charge >= 0.3 is 0 Å². The Labute approximate surface area is 107 Å². The monoisotopic (exact) mass is 295 g/mol. The molecule has 0 amide bonds. The molecule has 88 valence electrons. The first kappa shape index (κ1) is 11.9. The number of anilines is 1. The molecule has 2 rings (SSSR count). The van der Waals surface area contributed by atoms with Crippen LogP contribution in [0.2, 0.25) is 0 Å². The van der Waals surface area contributed by atoms with E-state index in [1.165, 1.54) is 12.1 Å². The number of hydrogen-bond acceptors (Lipinski definition) is 2. The van der Waals surface area contributed by atoms with Gasteiger partial charge in [0.1, 0.15) is 17.3 Å². The van der Waals surface area contributed by atoms with Crippen molar-refractivity contribution < 1.29 is 9.13 Å². The lowest BCUT2D eigenvalue weighted by molar-refractivity contribution is 0.480. The van der Waals surface area contributed by atoms with Crippen LogP contribution in [0.3, 0.4) is 0 Å². The Bertz CT molecular complexity index is 517. The fraction of sp³-hybridized carbons (Fsp3) is 0.0769. The quantitative estimate of drug-likeness (QED) is 0.840. The van der Waals surface area contributed by atoms with Gasteiger partial charge in [0.25, 0.3) is 0 Å². The first-order valence-electron chi connectivity index (χ1n) is 5.05. The molecule has 0 saturated carbocycles. The van der Waals surface area contributed by atoms with Gasteiger partial charge in [-0.1, -0.05) is 15.9 Å². The SMILES string of the molecule is Cc1c(N)cc(Oc2ccc(F)cc2)cc1Br. The van der Waals surface area contributed by atoms with Crippen molar-refractivity contribution in [1.29, 1.82) is 0 Å². The second kappa shape index (κ2) is 4.75. The Morgan fingerprint density at radius 2 is 1.76 bits per heavy atom. The second-order valence-electron chi connectivity index (χ2n) is 3.68. The van der Waals surface area contributed by atoms with Gasteiger partial charge in [0.2, 0.25) is 0 Å². The zero-order valence-electron chi connectivity index (χ0n) is 9.21. The van der Waals surface area contributed by atoms with E-state index in [9.17, 15) is 4.39 Å². The normalized spacial score (nSPS) is 10.3. The lowest BCUT2D eigenvalue weighted by atomic mass is 10.2. The molecule has 2 nitrogen and oxygen atoms in total. The van der Waals surface area contributed by atoms with Crippen molar-refractivity contribution in [2.75, 3.05) is 5.73 Å². The first-order chi connectivity index (χ1) is 8.06. The fourth-order valence-corrected chi connectivity index (χ4v) is 1.83. The zero-order valence-corrected chi connectivity index (χ0v) is 10.8. The maximum absolute atomic E-state index is 12.7. The summed E-state index contributed by atoms with van der Waals surface area (Å²) in [6.45, 7) is 1.92. The van der Waals surface area contributed by atoms with Crippen LogP contribution in [-0.2, 0) is 0 Å². The molecule has 2 N–H and O–H groups in total. The molecule has 0 aromatic heterocycles. The summed E-state index contributed by atoms with van der Waals surface area (Å²) < 4.78 is 19.2. The topological polar surface area (TPSA) is 35.2 Å². The summed E-state index contributed by atoms with van der Waals surface area (Å²) in [6, 6.07) is 9.40. The van der Waals surface area contributed by atoms with Gasteiger partial charge in [0.15, 0.2) is 0 Å². The van der Waals surface area contributed by atoms with E-state index in [-0.39, 0.29) is 5.82 Å². The molecule has 0 aliphatic rings. The average molecular weight is 296 g/mol. The maximum atomic E-state index is 12.7. The third-order valence-corrected chi connectivity index (χ3v) is 3.23. The molecule has 17 heavy (non-hydrogen) atoms. The van der Waals surface area contributed by atoms with E-state index < -0.39 is 0 Å². The minimum Gasteiger partial charge on any atom is -0.457 e. The smallest absolute Gasteiger partial charge is 0.130 e. The van der Waals surface area contributed by atoms with Crippen LogP contribution in [0.4, 0.5) is 10.1 Å². The molecule has 2 aromatic carbocycles. The predicted octanol–water partition coefficient (Wildman–Crippen LogP) is 4.27. The predicted molar refractivity (Wildman–Crippen MR) is 69.8 cm³/mol. The molecule has 0 bridgehead atoms. The van der Waals surface area contributed by atoms with Crippen LogP contribution in [0.25, 0.3) is 0 Å². The number of halogens is 2. The average Bonchev–Trinajstić information content (AvgIpc) is 2.29. The molecule has 0 aliphatic carbocycles. The molecule has 4 heteroatoms. The largest absolute Gasteiger partial charge is 0.457 e. The second-order valence-corrected chi connectivity index (χ2v) is 4.53. The molecule has 0 spiro atoms.